The van der Waals surface area contributed by atoms with Crippen molar-refractivity contribution in [3.05, 3.63) is 75.4 Å². The first-order valence-electron chi connectivity index (χ1n) is 15.5. The van der Waals surface area contributed by atoms with Gasteiger partial charge in [0.25, 0.3) is 0 Å². The van der Waals surface area contributed by atoms with Crippen molar-refractivity contribution in [2.75, 3.05) is 45.6 Å². The predicted molar refractivity (Wildman–Crippen MR) is 174 cm³/mol. The van der Waals surface area contributed by atoms with Gasteiger partial charge >= 0.3 is 12.1 Å². The fraction of sp³-hybridized carbons (Fsp3) is 0.424. The van der Waals surface area contributed by atoms with E-state index in [1.165, 1.54) is 10.6 Å². The van der Waals surface area contributed by atoms with E-state index in [9.17, 15) is 23.1 Å². The van der Waals surface area contributed by atoms with Gasteiger partial charge in [0.15, 0.2) is 0 Å². The number of carbonyl (C=O) groups excluding carboxylic acids is 1. The molecule has 1 fully saturated rings. The highest BCUT2D eigenvalue weighted by Gasteiger charge is 2.35. The molecule has 0 spiro atoms. The zero-order valence-corrected chi connectivity index (χ0v) is 27.6. The molecule has 2 aromatic carbocycles. The Morgan fingerprint density at radius 3 is 2.60 bits per heavy atom. The molecule has 47 heavy (non-hydrogen) atoms. The molecule has 1 amide bonds. The Hall–Kier alpha value is -3.93. The number of hydrogen-bond acceptors (Lipinski definition) is 8. The molecule has 0 aliphatic carbocycles. The van der Waals surface area contributed by atoms with E-state index in [2.05, 4.69) is 16.9 Å². The number of aliphatic carboxylic acids is 1. The van der Waals surface area contributed by atoms with Crippen molar-refractivity contribution in [1.29, 1.82) is 0 Å². The van der Waals surface area contributed by atoms with Crippen molar-refractivity contribution in [3.8, 4) is 23.3 Å². The first-order chi connectivity index (χ1) is 22.6. The SMILES string of the molecule is CS(=O)(=O)N1CCc2c(c(-c3ccc(Cl)c(C#COC(=O)N4Cc5ccccc5CC4C(=O)O)c3)nn2CCCN2CCOCC2)C1. The minimum absolute atomic E-state index is 0.0919. The predicted octanol–water partition coefficient (Wildman–Crippen LogP) is 3.20. The number of benzene rings is 2. The molecule has 3 aliphatic rings. The number of rotatable bonds is 7. The van der Waals surface area contributed by atoms with Crippen molar-refractivity contribution in [1.82, 2.24) is 23.9 Å². The van der Waals surface area contributed by atoms with Gasteiger partial charge in [-0.05, 0) is 35.6 Å². The molecule has 14 heteroatoms. The van der Waals surface area contributed by atoms with E-state index < -0.39 is 28.1 Å². The van der Waals surface area contributed by atoms with E-state index >= 15 is 0 Å². The summed E-state index contributed by atoms with van der Waals surface area (Å²) in [4.78, 5) is 28.5. The summed E-state index contributed by atoms with van der Waals surface area (Å²) in [6.07, 6.45) is 4.36. The number of amides is 1. The van der Waals surface area contributed by atoms with Gasteiger partial charge in [0, 0.05) is 74.5 Å². The summed E-state index contributed by atoms with van der Waals surface area (Å²) in [7, 11) is -3.41. The lowest BCUT2D eigenvalue weighted by Gasteiger charge is -2.32. The van der Waals surface area contributed by atoms with Crippen LogP contribution in [0.4, 0.5) is 4.79 Å². The molecular formula is C33H36ClN5O7S. The number of hydrogen-bond donors (Lipinski definition) is 1. The number of ether oxygens (including phenoxy) is 2. The van der Waals surface area contributed by atoms with Gasteiger partial charge in [-0.3, -0.25) is 14.5 Å². The van der Waals surface area contributed by atoms with Crippen LogP contribution in [0.1, 0.15) is 34.4 Å². The molecule has 6 rings (SSSR count). The molecule has 248 valence electrons. The van der Waals surface area contributed by atoms with E-state index in [0.717, 1.165) is 66.6 Å². The highest BCUT2D eigenvalue weighted by atomic mass is 35.5. The lowest BCUT2D eigenvalue weighted by atomic mass is 9.94. The number of fused-ring (bicyclic) bond motifs is 2. The maximum absolute atomic E-state index is 13.0. The normalized spacial score (nSPS) is 18.5. The zero-order valence-electron chi connectivity index (χ0n) is 26.0. The lowest BCUT2D eigenvalue weighted by Crippen LogP contribution is -2.48. The summed E-state index contributed by atoms with van der Waals surface area (Å²) in [6.45, 7) is 5.57. The van der Waals surface area contributed by atoms with Gasteiger partial charge in [-0.1, -0.05) is 41.9 Å². The topological polar surface area (TPSA) is 135 Å². The van der Waals surface area contributed by atoms with Gasteiger partial charge in [0.2, 0.25) is 10.0 Å². The Labute approximate surface area is 278 Å². The Balaban J connectivity index is 1.23. The molecule has 12 nitrogen and oxygen atoms in total. The first kappa shape index (κ1) is 33.0. The van der Waals surface area contributed by atoms with Crippen LogP contribution in [0.25, 0.3) is 11.3 Å². The van der Waals surface area contributed by atoms with Gasteiger partial charge in [-0.25, -0.2) is 18.0 Å². The van der Waals surface area contributed by atoms with Crippen LogP contribution in [0.2, 0.25) is 5.02 Å². The Morgan fingerprint density at radius 1 is 1.09 bits per heavy atom. The highest BCUT2D eigenvalue weighted by molar-refractivity contribution is 7.88. The largest absolute Gasteiger partial charge is 0.480 e. The van der Waals surface area contributed by atoms with Crippen LogP contribution in [0.3, 0.4) is 0 Å². The molecule has 0 saturated carbocycles. The maximum Gasteiger partial charge on any atom is 0.424 e. The first-order valence-corrected chi connectivity index (χ1v) is 17.7. The van der Waals surface area contributed by atoms with Crippen LogP contribution in [0.15, 0.2) is 42.5 Å². The van der Waals surface area contributed by atoms with E-state index in [1.807, 2.05) is 35.0 Å². The molecule has 0 radical (unpaired) electrons. The summed E-state index contributed by atoms with van der Waals surface area (Å²) in [6, 6.07) is 11.5. The van der Waals surface area contributed by atoms with Crippen molar-refractivity contribution < 1.29 is 32.6 Å². The number of morpholine rings is 1. The second kappa shape index (κ2) is 14.0. The zero-order chi connectivity index (χ0) is 33.1. The van der Waals surface area contributed by atoms with Gasteiger partial charge in [0.1, 0.15) is 12.1 Å². The summed E-state index contributed by atoms with van der Waals surface area (Å²) >= 11 is 6.48. The molecule has 3 aliphatic heterocycles. The molecule has 1 saturated heterocycles. The lowest BCUT2D eigenvalue weighted by molar-refractivity contribution is -0.143. The van der Waals surface area contributed by atoms with E-state index in [0.29, 0.717) is 41.4 Å². The van der Waals surface area contributed by atoms with Gasteiger partial charge < -0.3 is 14.6 Å². The number of sulfonamides is 1. The second-order valence-corrected chi connectivity index (χ2v) is 14.3. The molecular weight excluding hydrogens is 646 g/mol. The number of aryl methyl sites for hydroxylation is 1. The summed E-state index contributed by atoms with van der Waals surface area (Å²) < 4.78 is 39.1. The van der Waals surface area contributed by atoms with Crippen LogP contribution in [-0.2, 0) is 56.8 Å². The quantitative estimate of drug-likeness (QED) is 0.373. The van der Waals surface area contributed by atoms with Crippen molar-refractivity contribution in [3.63, 3.8) is 0 Å². The average molecular weight is 682 g/mol. The van der Waals surface area contributed by atoms with Crippen LogP contribution in [0, 0.1) is 12.0 Å². The van der Waals surface area contributed by atoms with Crippen LogP contribution in [-0.4, -0.2) is 101 Å². The summed E-state index contributed by atoms with van der Waals surface area (Å²) in [5.41, 5.74) is 5.29. The fourth-order valence-corrected chi connectivity index (χ4v) is 7.27. The average Bonchev–Trinajstić information content (AvgIpc) is 3.42. The van der Waals surface area contributed by atoms with Crippen molar-refractivity contribution >= 4 is 33.7 Å². The number of nitrogens with zero attached hydrogens (tertiary/aromatic N) is 5. The number of carbonyl (C=O) groups is 2. The molecule has 1 atom stereocenters. The third-order valence-electron chi connectivity index (χ3n) is 8.85. The Kier molecular flexibility index (Phi) is 9.86. The smallest absolute Gasteiger partial charge is 0.424 e. The van der Waals surface area contributed by atoms with Crippen LogP contribution in [0.5, 0.6) is 0 Å². The van der Waals surface area contributed by atoms with Crippen LogP contribution >= 0.6 is 11.6 Å². The van der Waals surface area contributed by atoms with E-state index in [-0.39, 0.29) is 19.5 Å². The van der Waals surface area contributed by atoms with Gasteiger partial charge in [0.05, 0.1) is 36.7 Å². The Bertz CT molecular complexity index is 1840. The van der Waals surface area contributed by atoms with Crippen molar-refractivity contribution in [2.45, 2.75) is 44.9 Å². The number of carboxylic acid groups (broad SMARTS) is 1. The summed E-state index contributed by atoms with van der Waals surface area (Å²) in [5.74, 6) is 1.66. The molecule has 1 unspecified atom stereocenters. The minimum Gasteiger partial charge on any atom is -0.480 e. The van der Waals surface area contributed by atoms with Gasteiger partial charge in [-0.15, -0.1) is 0 Å². The molecule has 0 bridgehead atoms. The maximum atomic E-state index is 13.0. The third kappa shape index (κ3) is 7.47. The summed E-state index contributed by atoms with van der Waals surface area (Å²) in [5, 5.41) is 15.0. The highest BCUT2D eigenvalue weighted by Crippen LogP contribution is 2.33. The Morgan fingerprint density at radius 2 is 1.85 bits per heavy atom. The standard InChI is InChI=1S/C33H36ClN5O7S/c1-47(43,44)37-13-9-29-27(22-37)31(35-39(29)12-4-11-36-14-17-45-18-15-36)25-7-8-28(34)24(19-25)10-16-46-33(42)38-21-26-6-3-2-5-23(26)20-30(38)32(40)41/h2-3,5-8,19,30H,4,9,11-15,17-18,20-22H2,1H3,(H,40,41). The van der Waals surface area contributed by atoms with E-state index in [1.54, 1.807) is 12.1 Å². The number of aromatic nitrogens is 2. The monoisotopic (exact) mass is 681 g/mol. The molecule has 3 aromatic rings. The number of carboxylic acids is 1. The fourth-order valence-electron chi connectivity index (χ4n) is 6.32. The van der Waals surface area contributed by atoms with Crippen LogP contribution < -0.4 is 0 Å². The van der Waals surface area contributed by atoms with E-state index in [4.69, 9.17) is 26.2 Å². The van der Waals surface area contributed by atoms with Crippen molar-refractivity contribution in [2.24, 2.45) is 0 Å². The molecule has 1 N–H and O–H groups in total. The second-order valence-electron chi connectivity index (χ2n) is 11.9. The third-order valence-corrected chi connectivity index (χ3v) is 10.4. The van der Waals surface area contributed by atoms with Gasteiger partial charge in [-0.2, -0.15) is 9.40 Å². The molecule has 4 heterocycles. The number of halogens is 1. The minimum atomic E-state index is -3.41. The molecule has 1 aromatic heterocycles.